The topological polar surface area (TPSA) is 51.8 Å². The standard InChI is InChI=1S/C9H8ClN3O/c1-6-4-7(2-3-11-6)9-12-8(5-10)14-13-9/h2-4H,5H2,1H3. The highest BCUT2D eigenvalue weighted by Gasteiger charge is 2.07. The highest BCUT2D eigenvalue weighted by molar-refractivity contribution is 6.16. The monoisotopic (exact) mass is 209 g/mol. The molecule has 0 aliphatic carbocycles. The van der Waals surface area contributed by atoms with Crippen molar-refractivity contribution in [2.45, 2.75) is 12.8 Å². The Hall–Kier alpha value is -1.42. The summed E-state index contributed by atoms with van der Waals surface area (Å²) in [7, 11) is 0. The quantitative estimate of drug-likeness (QED) is 0.712. The highest BCUT2D eigenvalue weighted by Crippen LogP contribution is 2.16. The number of aryl methyl sites for hydroxylation is 1. The van der Waals surface area contributed by atoms with Gasteiger partial charge in [-0.2, -0.15) is 4.98 Å². The number of pyridine rings is 1. The molecule has 0 bridgehead atoms. The van der Waals surface area contributed by atoms with E-state index < -0.39 is 0 Å². The van der Waals surface area contributed by atoms with Crippen molar-refractivity contribution in [3.63, 3.8) is 0 Å². The van der Waals surface area contributed by atoms with E-state index in [-0.39, 0.29) is 5.88 Å². The first kappa shape index (κ1) is 9.15. The molecule has 14 heavy (non-hydrogen) atoms. The van der Waals surface area contributed by atoms with Crippen molar-refractivity contribution in [3.8, 4) is 11.4 Å². The second-order valence-corrected chi connectivity index (χ2v) is 3.10. The molecular formula is C9H8ClN3O. The lowest BCUT2D eigenvalue weighted by Gasteiger charge is -1.94. The van der Waals surface area contributed by atoms with E-state index in [2.05, 4.69) is 15.1 Å². The summed E-state index contributed by atoms with van der Waals surface area (Å²) >= 11 is 5.55. The zero-order valence-electron chi connectivity index (χ0n) is 7.57. The third kappa shape index (κ3) is 1.75. The van der Waals surface area contributed by atoms with Crippen molar-refractivity contribution in [1.82, 2.24) is 15.1 Å². The average Bonchev–Trinajstić information content (AvgIpc) is 2.66. The van der Waals surface area contributed by atoms with Gasteiger partial charge in [0, 0.05) is 17.5 Å². The fourth-order valence-electron chi connectivity index (χ4n) is 1.11. The normalized spacial score (nSPS) is 10.4. The van der Waals surface area contributed by atoms with Crippen LogP contribution in [0.25, 0.3) is 11.4 Å². The molecule has 2 aromatic heterocycles. The van der Waals surface area contributed by atoms with Gasteiger partial charge in [0.2, 0.25) is 11.7 Å². The van der Waals surface area contributed by atoms with E-state index >= 15 is 0 Å². The zero-order chi connectivity index (χ0) is 9.97. The van der Waals surface area contributed by atoms with Crippen LogP contribution in [0.1, 0.15) is 11.6 Å². The Morgan fingerprint density at radius 2 is 2.36 bits per heavy atom. The number of alkyl halides is 1. The number of aromatic nitrogens is 3. The Morgan fingerprint density at radius 3 is 3.00 bits per heavy atom. The molecule has 0 aliphatic rings. The molecule has 0 amide bonds. The first-order chi connectivity index (χ1) is 6.79. The molecular weight excluding hydrogens is 202 g/mol. The van der Waals surface area contributed by atoms with E-state index in [4.69, 9.17) is 16.1 Å². The van der Waals surface area contributed by atoms with Gasteiger partial charge in [-0.05, 0) is 19.1 Å². The van der Waals surface area contributed by atoms with Crippen LogP contribution in [0.4, 0.5) is 0 Å². The molecule has 0 saturated heterocycles. The molecule has 72 valence electrons. The van der Waals surface area contributed by atoms with Crippen molar-refractivity contribution in [3.05, 3.63) is 29.9 Å². The second-order valence-electron chi connectivity index (χ2n) is 2.83. The maximum absolute atomic E-state index is 5.55. The number of hydrogen-bond donors (Lipinski definition) is 0. The van der Waals surface area contributed by atoms with E-state index in [1.165, 1.54) is 0 Å². The van der Waals surface area contributed by atoms with E-state index in [1.54, 1.807) is 6.20 Å². The fraction of sp³-hybridized carbons (Fsp3) is 0.222. The van der Waals surface area contributed by atoms with Crippen LogP contribution >= 0.6 is 11.6 Å². The molecule has 0 saturated carbocycles. The largest absolute Gasteiger partial charge is 0.338 e. The van der Waals surface area contributed by atoms with Crippen LogP contribution < -0.4 is 0 Å². The minimum atomic E-state index is 0.233. The van der Waals surface area contributed by atoms with Gasteiger partial charge in [-0.3, -0.25) is 4.98 Å². The first-order valence-corrected chi connectivity index (χ1v) is 4.64. The van der Waals surface area contributed by atoms with Crippen molar-refractivity contribution in [2.24, 2.45) is 0 Å². The second kappa shape index (κ2) is 3.75. The molecule has 0 spiro atoms. The molecule has 0 N–H and O–H groups in total. The lowest BCUT2D eigenvalue weighted by molar-refractivity contribution is 0.391. The summed E-state index contributed by atoms with van der Waals surface area (Å²) in [5.74, 6) is 1.21. The summed E-state index contributed by atoms with van der Waals surface area (Å²) in [4.78, 5) is 8.18. The summed E-state index contributed by atoms with van der Waals surface area (Å²) in [6.07, 6.45) is 1.71. The third-order valence-electron chi connectivity index (χ3n) is 1.74. The Labute approximate surface area is 85.9 Å². The van der Waals surface area contributed by atoms with Crippen molar-refractivity contribution >= 4 is 11.6 Å². The molecule has 4 nitrogen and oxygen atoms in total. The maximum Gasteiger partial charge on any atom is 0.241 e. The van der Waals surface area contributed by atoms with Crippen molar-refractivity contribution in [2.75, 3.05) is 0 Å². The van der Waals surface area contributed by atoms with E-state index in [9.17, 15) is 0 Å². The zero-order valence-corrected chi connectivity index (χ0v) is 8.32. The average molecular weight is 210 g/mol. The predicted octanol–water partition coefficient (Wildman–Crippen LogP) is 2.18. The van der Waals surface area contributed by atoms with Gasteiger partial charge in [-0.1, -0.05) is 5.16 Å². The molecule has 0 fully saturated rings. The van der Waals surface area contributed by atoms with Gasteiger partial charge in [-0.15, -0.1) is 11.6 Å². The smallest absolute Gasteiger partial charge is 0.241 e. The number of halogens is 1. The Morgan fingerprint density at radius 1 is 1.50 bits per heavy atom. The number of nitrogens with zero attached hydrogens (tertiary/aromatic N) is 3. The summed E-state index contributed by atoms with van der Waals surface area (Å²) in [6.45, 7) is 1.91. The van der Waals surface area contributed by atoms with Crippen LogP contribution in [0, 0.1) is 6.92 Å². The van der Waals surface area contributed by atoms with Crippen LogP contribution in [0.15, 0.2) is 22.9 Å². The summed E-state index contributed by atoms with van der Waals surface area (Å²) in [5, 5.41) is 3.80. The first-order valence-electron chi connectivity index (χ1n) is 4.11. The minimum absolute atomic E-state index is 0.233. The van der Waals surface area contributed by atoms with Crippen LogP contribution in [0.3, 0.4) is 0 Å². The lowest BCUT2D eigenvalue weighted by Crippen LogP contribution is -1.85. The van der Waals surface area contributed by atoms with Gasteiger partial charge in [0.1, 0.15) is 5.88 Å². The van der Waals surface area contributed by atoms with Gasteiger partial charge in [-0.25, -0.2) is 0 Å². The van der Waals surface area contributed by atoms with Crippen LogP contribution in [0.2, 0.25) is 0 Å². The van der Waals surface area contributed by atoms with E-state index in [1.807, 2.05) is 19.1 Å². The SMILES string of the molecule is Cc1cc(-c2noc(CCl)n2)ccn1. The fourth-order valence-corrected chi connectivity index (χ4v) is 1.22. The molecule has 0 radical (unpaired) electrons. The number of rotatable bonds is 2. The predicted molar refractivity (Wildman–Crippen MR) is 51.8 cm³/mol. The Bertz CT molecular complexity index is 441. The number of hydrogen-bond acceptors (Lipinski definition) is 4. The molecule has 2 aromatic rings. The van der Waals surface area contributed by atoms with Gasteiger partial charge in [0.15, 0.2) is 0 Å². The molecule has 0 unspecified atom stereocenters. The molecule has 5 heteroatoms. The van der Waals surface area contributed by atoms with Crippen LogP contribution in [-0.4, -0.2) is 15.1 Å². The molecule has 2 heterocycles. The maximum atomic E-state index is 5.55. The third-order valence-corrected chi connectivity index (χ3v) is 1.97. The lowest BCUT2D eigenvalue weighted by atomic mass is 10.2. The summed E-state index contributed by atoms with van der Waals surface area (Å²) in [6, 6.07) is 3.72. The van der Waals surface area contributed by atoms with E-state index in [0.717, 1.165) is 11.3 Å². The van der Waals surface area contributed by atoms with Crippen molar-refractivity contribution < 1.29 is 4.52 Å². The molecule has 0 aliphatic heterocycles. The van der Waals surface area contributed by atoms with E-state index in [0.29, 0.717) is 11.7 Å². The Kier molecular flexibility index (Phi) is 2.45. The molecule has 0 atom stereocenters. The molecule has 2 rings (SSSR count). The summed E-state index contributed by atoms with van der Waals surface area (Å²) in [5.41, 5.74) is 1.80. The van der Waals surface area contributed by atoms with Crippen LogP contribution in [0.5, 0.6) is 0 Å². The summed E-state index contributed by atoms with van der Waals surface area (Å²) < 4.78 is 4.89. The van der Waals surface area contributed by atoms with Gasteiger partial charge in [0.25, 0.3) is 0 Å². The Balaban J connectivity index is 2.39. The van der Waals surface area contributed by atoms with Crippen molar-refractivity contribution in [1.29, 1.82) is 0 Å². The molecule has 0 aromatic carbocycles. The van der Waals surface area contributed by atoms with Crippen LogP contribution in [-0.2, 0) is 5.88 Å². The van der Waals surface area contributed by atoms with Gasteiger partial charge < -0.3 is 4.52 Å². The highest BCUT2D eigenvalue weighted by atomic mass is 35.5. The minimum Gasteiger partial charge on any atom is -0.338 e. The van der Waals surface area contributed by atoms with Gasteiger partial charge in [0.05, 0.1) is 0 Å². The van der Waals surface area contributed by atoms with Gasteiger partial charge >= 0.3 is 0 Å².